The van der Waals surface area contributed by atoms with Crippen LogP contribution in [0.2, 0.25) is 0 Å². The predicted molar refractivity (Wildman–Crippen MR) is 71.3 cm³/mol. The Morgan fingerprint density at radius 2 is 1.83 bits per heavy atom. The molecule has 0 spiro atoms. The second-order valence-electron chi connectivity index (χ2n) is 3.96. The Hall–Kier alpha value is -2.55. The Morgan fingerprint density at radius 1 is 1.00 bits per heavy atom. The normalized spacial score (nSPS) is 10.4. The van der Waals surface area contributed by atoms with Crippen LogP contribution >= 0.6 is 0 Å². The number of furan rings is 1. The standard InChI is InChI=1S/C15H11NO2/c17-10-16-13-8-4-7-12-9-14(18-15(12)13)11-5-2-1-3-6-11/h1-10H,(H,16,17). The molecular weight excluding hydrogens is 226 g/mol. The van der Waals surface area contributed by atoms with Gasteiger partial charge in [0.1, 0.15) is 5.76 Å². The van der Waals surface area contributed by atoms with E-state index in [1.165, 1.54) is 0 Å². The van der Waals surface area contributed by atoms with E-state index < -0.39 is 0 Å². The highest BCUT2D eigenvalue weighted by molar-refractivity contribution is 5.95. The number of hydrogen-bond donors (Lipinski definition) is 1. The highest BCUT2D eigenvalue weighted by Gasteiger charge is 2.08. The maximum Gasteiger partial charge on any atom is 0.211 e. The van der Waals surface area contributed by atoms with Gasteiger partial charge in [-0.25, -0.2) is 0 Å². The van der Waals surface area contributed by atoms with E-state index in [9.17, 15) is 4.79 Å². The first-order chi connectivity index (χ1) is 8.88. The lowest BCUT2D eigenvalue weighted by molar-refractivity contribution is -0.105. The molecule has 1 N–H and O–H groups in total. The maximum absolute atomic E-state index is 10.5. The highest BCUT2D eigenvalue weighted by atomic mass is 16.3. The number of rotatable bonds is 3. The first-order valence-corrected chi connectivity index (χ1v) is 5.66. The van der Waals surface area contributed by atoms with Crippen molar-refractivity contribution >= 4 is 23.1 Å². The fourth-order valence-corrected chi connectivity index (χ4v) is 1.98. The molecule has 3 rings (SSSR count). The molecule has 1 amide bonds. The first-order valence-electron chi connectivity index (χ1n) is 5.66. The Morgan fingerprint density at radius 3 is 2.61 bits per heavy atom. The van der Waals surface area contributed by atoms with Crippen LogP contribution in [-0.2, 0) is 4.79 Å². The van der Waals surface area contributed by atoms with Gasteiger partial charge in [0, 0.05) is 10.9 Å². The Bertz CT molecular complexity index is 686. The summed E-state index contributed by atoms with van der Waals surface area (Å²) in [6, 6.07) is 17.5. The van der Waals surface area contributed by atoms with Gasteiger partial charge in [-0.3, -0.25) is 4.79 Å². The summed E-state index contributed by atoms with van der Waals surface area (Å²) in [5, 5.41) is 3.61. The summed E-state index contributed by atoms with van der Waals surface area (Å²) in [4.78, 5) is 10.5. The molecule has 0 radical (unpaired) electrons. The first kappa shape index (κ1) is 10.6. The number of amides is 1. The molecule has 88 valence electrons. The average Bonchev–Trinajstić information content (AvgIpc) is 2.85. The summed E-state index contributed by atoms with van der Waals surface area (Å²) in [6.07, 6.45) is 0.652. The number of nitrogens with one attached hydrogen (secondary N) is 1. The monoisotopic (exact) mass is 237 g/mol. The fourth-order valence-electron chi connectivity index (χ4n) is 1.98. The highest BCUT2D eigenvalue weighted by Crippen LogP contribution is 2.31. The zero-order valence-electron chi connectivity index (χ0n) is 9.59. The van der Waals surface area contributed by atoms with Gasteiger partial charge in [-0.05, 0) is 12.1 Å². The zero-order valence-corrected chi connectivity index (χ0v) is 9.59. The van der Waals surface area contributed by atoms with Gasteiger partial charge in [0.25, 0.3) is 0 Å². The Labute approximate surface area is 104 Å². The van der Waals surface area contributed by atoms with E-state index in [-0.39, 0.29) is 0 Å². The summed E-state index contributed by atoms with van der Waals surface area (Å²) >= 11 is 0. The number of anilines is 1. The molecule has 18 heavy (non-hydrogen) atoms. The van der Waals surface area contributed by atoms with E-state index in [0.29, 0.717) is 17.7 Å². The number of benzene rings is 2. The van der Waals surface area contributed by atoms with Crippen LogP contribution in [0.1, 0.15) is 0 Å². The minimum absolute atomic E-state index is 0.652. The number of fused-ring (bicyclic) bond motifs is 1. The SMILES string of the molecule is O=CNc1cccc2cc(-c3ccccc3)oc12. The van der Waals surface area contributed by atoms with Crippen LogP contribution in [0.5, 0.6) is 0 Å². The molecule has 3 aromatic rings. The molecule has 0 unspecified atom stereocenters. The third-order valence-corrected chi connectivity index (χ3v) is 2.82. The molecule has 0 aliphatic carbocycles. The van der Waals surface area contributed by atoms with Gasteiger partial charge >= 0.3 is 0 Å². The van der Waals surface area contributed by atoms with Crippen molar-refractivity contribution in [1.29, 1.82) is 0 Å². The van der Waals surface area contributed by atoms with Crippen molar-refractivity contribution in [3.63, 3.8) is 0 Å². The molecule has 1 heterocycles. The minimum atomic E-state index is 0.652. The Balaban J connectivity index is 2.17. The predicted octanol–water partition coefficient (Wildman–Crippen LogP) is 3.67. The summed E-state index contributed by atoms with van der Waals surface area (Å²) in [5.41, 5.74) is 2.40. The molecule has 0 fully saturated rings. The van der Waals surface area contributed by atoms with Crippen molar-refractivity contribution in [3.05, 3.63) is 54.6 Å². The van der Waals surface area contributed by atoms with E-state index in [1.807, 2.05) is 54.6 Å². The number of carbonyl (C=O) groups excluding carboxylic acids is 1. The summed E-state index contributed by atoms with van der Waals surface area (Å²) in [7, 11) is 0. The van der Waals surface area contributed by atoms with E-state index >= 15 is 0 Å². The molecular formula is C15H11NO2. The molecule has 3 nitrogen and oxygen atoms in total. The third kappa shape index (κ3) is 1.76. The number of para-hydroxylation sites is 1. The van der Waals surface area contributed by atoms with Crippen molar-refractivity contribution < 1.29 is 9.21 Å². The van der Waals surface area contributed by atoms with E-state index in [4.69, 9.17) is 4.42 Å². The van der Waals surface area contributed by atoms with Crippen LogP contribution < -0.4 is 5.32 Å². The van der Waals surface area contributed by atoms with Crippen molar-refractivity contribution in [1.82, 2.24) is 0 Å². The molecule has 0 saturated heterocycles. The van der Waals surface area contributed by atoms with Crippen molar-refractivity contribution in [2.45, 2.75) is 0 Å². The van der Waals surface area contributed by atoms with Gasteiger partial charge < -0.3 is 9.73 Å². The fraction of sp³-hybridized carbons (Fsp3) is 0. The summed E-state index contributed by atoms with van der Waals surface area (Å²) in [6.45, 7) is 0. The molecule has 1 aromatic heterocycles. The molecule has 3 heteroatoms. The molecule has 0 aliphatic heterocycles. The van der Waals surface area contributed by atoms with E-state index in [2.05, 4.69) is 5.32 Å². The van der Waals surface area contributed by atoms with E-state index in [1.54, 1.807) is 0 Å². The summed E-state index contributed by atoms with van der Waals surface area (Å²) in [5.74, 6) is 0.797. The molecule has 0 saturated carbocycles. The van der Waals surface area contributed by atoms with Crippen LogP contribution in [-0.4, -0.2) is 6.41 Å². The lowest BCUT2D eigenvalue weighted by Gasteiger charge is -1.98. The maximum atomic E-state index is 10.5. The van der Waals surface area contributed by atoms with Crippen LogP contribution in [0.15, 0.2) is 59.0 Å². The lowest BCUT2D eigenvalue weighted by Crippen LogP contribution is -1.92. The number of hydrogen-bond acceptors (Lipinski definition) is 2. The number of carbonyl (C=O) groups is 1. The van der Waals surface area contributed by atoms with Crippen LogP contribution in [0, 0.1) is 0 Å². The lowest BCUT2D eigenvalue weighted by atomic mass is 10.1. The smallest absolute Gasteiger partial charge is 0.211 e. The van der Waals surface area contributed by atoms with E-state index in [0.717, 1.165) is 16.7 Å². The van der Waals surface area contributed by atoms with Gasteiger partial charge in [-0.15, -0.1) is 0 Å². The van der Waals surface area contributed by atoms with Gasteiger partial charge in [0.05, 0.1) is 5.69 Å². The van der Waals surface area contributed by atoms with Crippen LogP contribution in [0.4, 0.5) is 5.69 Å². The molecule has 0 atom stereocenters. The van der Waals surface area contributed by atoms with Gasteiger partial charge in [0.2, 0.25) is 6.41 Å². The second-order valence-corrected chi connectivity index (χ2v) is 3.96. The topological polar surface area (TPSA) is 42.2 Å². The second kappa shape index (κ2) is 4.37. The quantitative estimate of drug-likeness (QED) is 0.706. The third-order valence-electron chi connectivity index (χ3n) is 2.82. The van der Waals surface area contributed by atoms with Gasteiger partial charge in [-0.2, -0.15) is 0 Å². The van der Waals surface area contributed by atoms with Crippen LogP contribution in [0.25, 0.3) is 22.3 Å². The average molecular weight is 237 g/mol. The minimum Gasteiger partial charge on any atom is -0.454 e. The van der Waals surface area contributed by atoms with Crippen LogP contribution in [0.3, 0.4) is 0 Å². The van der Waals surface area contributed by atoms with Crippen molar-refractivity contribution in [3.8, 4) is 11.3 Å². The molecule has 0 aliphatic rings. The van der Waals surface area contributed by atoms with Gasteiger partial charge in [-0.1, -0.05) is 42.5 Å². The molecule has 2 aromatic carbocycles. The Kier molecular flexibility index (Phi) is 2.57. The largest absolute Gasteiger partial charge is 0.454 e. The summed E-state index contributed by atoms with van der Waals surface area (Å²) < 4.78 is 5.82. The zero-order chi connectivity index (χ0) is 12.4. The molecule has 0 bridgehead atoms. The van der Waals surface area contributed by atoms with Gasteiger partial charge in [0.15, 0.2) is 5.58 Å². The van der Waals surface area contributed by atoms with Crippen molar-refractivity contribution in [2.24, 2.45) is 0 Å². The van der Waals surface area contributed by atoms with Crippen molar-refractivity contribution in [2.75, 3.05) is 5.32 Å².